The summed E-state index contributed by atoms with van der Waals surface area (Å²) in [6.45, 7) is 6.47. The monoisotopic (exact) mass is 273 g/mol. The molecule has 1 N–H and O–H groups in total. The van der Waals surface area contributed by atoms with Gasteiger partial charge >= 0.3 is 0 Å². The molecule has 2 aromatic rings. The van der Waals surface area contributed by atoms with E-state index in [1.165, 1.54) is 0 Å². The van der Waals surface area contributed by atoms with Crippen molar-refractivity contribution in [2.75, 3.05) is 18.0 Å². The average Bonchev–Trinajstić information content (AvgIpc) is 2.96. The van der Waals surface area contributed by atoms with Crippen molar-refractivity contribution in [2.45, 2.75) is 33.0 Å². The van der Waals surface area contributed by atoms with Gasteiger partial charge in [-0.2, -0.15) is 0 Å². The maximum atomic E-state index is 4.50. The predicted molar refractivity (Wildman–Crippen MR) is 75.1 cm³/mol. The molecule has 0 spiro atoms. The second-order valence-corrected chi connectivity index (χ2v) is 4.90. The van der Waals surface area contributed by atoms with Crippen LogP contribution in [0.1, 0.15) is 24.9 Å². The van der Waals surface area contributed by atoms with E-state index < -0.39 is 0 Å². The summed E-state index contributed by atoms with van der Waals surface area (Å²) in [5, 5.41) is 11.4. The predicted octanol–water partition coefficient (Wildman–Crippen LogP) is 0.588. The third-order valence-corrected chi connectivity index (χ3v) is 3.39. The molecular formula is C13H19N7. The minimum atomic E-state index is 0.738. The number of aromatic nitrogens is 5. The molecule has 0 aliphatic carbocycles. The van der Waals surface area contributed by atoms with Crippen molar-refractivity contribution >= 4 is 5.82 Å². The summed E-state index contributed by atoms with van der Waals surface area (Å²) < 4.78 is 2.08. The summed E-state index contributed by atoms with van der Waals surface area (Å²) in [4.78, 5) is 11.1. The van der Waals surface area contributed by atoms with Crippen LogP contribution in [0.3, 0.4) is 0 Å². The number of fused-ring (bicyclic) bond motifs is 1. The Bertz CT molecular complexity index is 548. The molecule has 7 heteroatoms. The summed E-state index contributed by atoms with van der Waals surface area (Å²) in [6.07, 6.45) is 6.59. The molecule has 0 radical (unpaired) electrons. The highest BCUT2D eigenvalue weighted by molar-refractivity contribution is 5.36. The third-order valence-electron chi connectivity index (χ3n) is 3.39. The van der Waals surface area contributed by atoms with Gasteiger partial charge in [-0.3, -0.25) is 4.98 Å². The van der Waals surface area contributed by atoms with Gasteiger partial charge < -0.3 is 14.8 Å². The summed E-state index contributed by atoms with van der Waals surface area (Å²) in [6, 6.07) is 0. The Balaban J connectivity index is 1.63. The van der Waals surface area contributed by atoms with E-state index in [0.717, 1.165) is 56.5 Å². The van der Waals surface area contributed by atoms with Crippen molar-refractivity contribution in [3.05, 3.63) is 30.2 Å². The van der Waals surface area contributed by atoms with E-state index in [1.807, 2.05) is 12.4 Å². The van der Waals surface area contributed by atoms with Crippen LogP contribution in [-0.4, -0.2) is 37.8 Å². The van der Waals surface area contributed by atoms with Crippen LogP contribution in [0.4, 0.5) is 5.82 Å². The molecule has 0 unspecified atom stereocenters. The molecule has 1 aliphatic heterocycles. The minimum absolute atomic E-state index is 0.738. The molecule has 2 aromatic heterocycles. The fourth-order valence-electron chi connectivity index (χ4n) is 2.26. The van der Waals surface area contributed by atoms with E-state index in [2.05, 4.69) is 41.9 Å². The van der Waals surface area contributed by atoms with Crippen LogP contribution >= 0.6 is 0 Å². The number of anilines is 1. The molecule has 0 bridgehead atoms. The van der Waals surface area contributed by atoms with Gasteiger partial charge in [0.05, 0.1) is 24.6 Å². The highest BCUT2D eigenvalue weighted by Gasteiger charge is 2.18. The van der Waals surface area contributed by atoms with Gasteiger partial charge in [0.15, 0.2) is 5.82 Å². The lowest BCUT2D eigenvalue weighted by molar-refractivity contribution is 0.555. The average molecular weight is 273 g/mol. The van der Waals surface area contributed by atoms with Gasteiger partial charge in [0.1, 0.15) is 12.1 Å². The molecule has 0 amide bonds. The summed E-state index contributed by atoms with van der Waals surface area (Å²) in [5.41, 5.74) is 0.974. The van der Waals surface area contributed by atoms with Crippen LogP contribution in [-0.2, 0) is 19.6 Å². The Labute approximate surface area is 118 Å². The number of rotatable bonds is 5. The zero-order valence-corrected chi connectivity index (χ0v) is 11.7. The third kappa shape index (κ3) is 2.77. The lowest BCUT2D eigenvalue weighted by Gasteiger charge is -2.27. The van der Waals surface area contributed by atoms with Crippen molar-refractivity contribution in [1.82, 2.24) is 30.0 Å². The number of nitrogens with zero attached hydrogens (tertiary/aromatic N) is 6. The Morgan fingerprint density at radius 2 is 2.20 bits per heavy atom. The van der Waals surface area contributed by atoms with Gasteiger partial charge in [-0.15, -0.1) is 10.2 Å². The maximum Gasteiger partial charge on any atom is 0.152 e. The standard InChI is InChI=1S/C13H19N7/c1-2-3-14-6-11-7-16-12(8-15-11)19-4-5-20-10-17-18-13(20)9-19/h7-8,10,14H,2-6,9H2,1H3. The van der Waals surface area contributed by atoms with Gasteiger partial charge in [0.25, 0.3) is 0 Å². The maximum absolute atomic E-state index is 4.50. The topological polar surface area (TPSA) is 71.8 Å². The zero-order valence-electron chi connectivity index (χ0n) is 11.7. The van der Waals surface area contributed by atoms with Gasteiger partial charge in [0.2, 0.25) is 0 Å². The van der Waals surface area contributed by atoms with Crippen LogP contribution in [0.25, 0.3) is 0 Å². The largest absolute Gasteiger partial charge is 0.346 e. The number of hydrogen-bond donors (Lipinski definition) is 1. The fourth-order valence-corrected chi connectivity index (χ4v) is 2.26. The summed E-state index contributed by atoms with van der Waals surface area (Å²) >= 11 is 0. The van der Waals surface area contributed by atoms with Crippen molar-refractivity contribution < 1.29 is 0 Å². The summed E-state index contributed by atoms with van der Waals surface area (Å²) in [7, 11) is 0. The smallest absolute Gasteiger partial charge is 0.152 e. The van der Waals surface area contributed by atoms with Crippen LogP contribution in [0.2, 0.25) is 0 Å². The molecule has 0 fully saturated rings. The van der Waals surface area contributed by atoms with Crippen molar-refractivity contribution in [3.8, 4) is 0 Å². The first-order valence-electron chi connectivity index (χ1n) is 7.00. The second kappa shape index (κ2) is 5.96. The molecule has 1 aliphatic rings. The minimum Gasteiger partial charge on any atom is -0.346 e. The van der Waals surface area contributed by atoms with Crippen molar-refractivity contribution in [3.63, 3.8) is 0 Å². The molecule has 7 nitrogen and oxygen atoms in total. The van der Waals surface area contributed by atoms with Gasteiger partial charge in [-0.1, -0.05) is 6.92 Å². The molecule has 3 rings (SSSR count). The van der Waals surface area contributed by atoms with E-state index >= 15 is 0 Å². The van der Waals surface area contributed by atoms with Gasteiger partial charge in [-0.05, 0) is 13.0 Å². The Kier molecular flexibility index (Phi) is 3.87. The highest BCUT2D eigenvalue weighted by Crippen LogP contribution is 2.16. The quantitative estimate of drug-likeness (QED) is 0.804. The number of hydrogen-bond acceptors (Lipinski definition) is 6. The molecule has 106 valence electrons. The van der Waals surface area contributed by atoms with Crippen LogP contribution in [0.5, 0.6) is 0 Å². The molecule has 0 saturated carbocycles. The number of nitrogens with one attached hydrogen (secondary N) is 1. The zero-order chi connectivity index (χ0) is 13.8. The molecular weight excluding hydrogens is 254 g/mol. The lowest BCUT2D eigenvalue weighted by Crippen LogP contribution is -2.34. The first-order valence-corrected chi connectivity index (χ1v) is 7.00. The highest BCUT2D eigenvalue weighted by atomic mass is 15.3. The first-order chi connectivity index (χ1) is 9.86. The Hall–Kier alpha value is -2.02. The Morgan fingerprint density at radius 1 is 1.25 bits per heavy atom. The van der Waals surface area contributed by atoms with Crippen LogP contribution in [0.15, 0.2) is 18.7 Å². The van der Waals surface area contributed by atoms with Crippen LogP contribution < -0.4 is 10.2 Å². The lowest BCUT2D eigenvalue weighted by atomic mass is 10.3. The molecule has 0 atom stereocenters. The van der Waals surface area contributed by atoms with E-state index in [4.69, 9.17) is 0 Å². The molecule has 0 saturated heterocycles. The van der Waals surface area contributed by atoms with Gasteiger partial charge in [0, 0.05) is 19.6 Å². The Morgan fingerprint density at radius 3 is 3.00 bits per heavy atom. The fraction of sp³-hybridized carbons (Fsp3) is 0.538. The first kappa shape index (κ1) is 13.0. The van der Waals surface area contributed by atoms with Gasteiger partial charge in [-0.25, -0.2) is 4.98 Å². The van der Waals surface area contributed by atoms with E-state index in [9.17, 15) is 0 Å². The van der Waals surface area contributed by atoms with E-state index in [-0.39, 0.29) is 0 Å². The summed E-state index contributed by atoms with van der Waals surface area (Å²) in [5.74, 6) is 1.88. The molecule has 0 aromatic carbocycles. The SMILES string of the molecule is CCCNCc1cnc(N2CCn3cnnc3C2)cn1. The molecule has 3 heterocycles. The molecule has 20 heavy (non-hydrogen) atoms. The van der Waals surface area contributed by atoms with Crippen molar-refractivity contribution in [1.29, 1.82) is 0 Å². The normalized spacial score (nSPS) is 14.3. The van der Waals surface area contributed by atoms with Crippen LogP contribution in [0, 0.1) is 0 Å². The van der Waals surface area contributed by atoms with E-state index in [0.29, 0.717) is 0 Å². The van der Waals surface area contributed by atoms with E-state index in [1.54, 1.807) is 6.33 Å². The second-order valence-electron chi connectivity index (χ2n) is 4.90. The van der Waals surface area contributed by atoms with Crippen molar-refractivity contribution in [2.24, 2.45) is 0 Å².